The van der Waals surface area contributed by atoms with Crippen LogP contribution in [0.1, 0.15) is 29.8 Å². The van der Waals surface area contributed by atoms with Crippen LogP contribution in [-0.4, -0.2) is 24.1 Å². The molecule has 0 aliphatic rings. The maximum absolute atomic E-state index is 12.8. The molecule has 0 aliphatic heterocycles. The quantitative estimate of drug-likeness (QED) is 0.427. The number of methoxy groups -OCH3 is 1. The number of aromatic nitrogens is 1. The first-order valence-corrected chi connectivity index (χ1v) is 10.1. The van der Waals surface area contributed by atoms with Crippen LogP contribution < -0.4 is 14.8 Å². The Morgan fingerprint density at radius 3 is 2.65 bits per heavy atom. The SMILES string of the molecule is COc1ccc2oc(-c3ccc(C)c(NC(=O)c4cccc(OC(C)C)c4)c3)nc2c1. The number of hydrogen-bond acceptors (Lipinski definition) is 5. The third kappa shape index (κ3) is 4.53. The molecule has 1 amide bonds. The molecule has 4 aromatic rings. The summed E-state index contributed by atoms with van der Waals surface area (Å²) in [6.07, 6.45) is 0.0357. The third-order valence-corrected chi connectivity index (χ3v) is 4.80. The van der Waals surface area contributed by atoms with Gasteiger partial charge in [0.25, 0.3) is 5.91 Å². The van der Waals surface area contributed by atoms with Crippen LogP contribution >= 0.6 is 0 Å². The maximum atomic E-state index is 12.8. The predicted octanol–water partition coefficient (Wildman–Crippen LogP) is 5.85. The van der Waals surface area contributed by atoms with E-state index in [-0.39, 0.29) is 12.0 Å². The van der Waals surface area contributed by atoms with Gasteiger partial charge in [-0.1, -0.05) is 12.1 Å². The highest BCUT2D eigenvalue weighted by molar-refractivity contribution is 6.05. The number of anilines is 1. The van der Waals surface area contributed by atoms with Crippen molar-refractivity contribution in [1.82, 2.24) is 4.98 Å². The Balaban J connectivity index is 1.60. The van der Waals surface area contributed by atoms with Crippen LogP contribution in [0.15, 0.2) is 65.1 Å². The van der Waals surface area contributed by atoms with Gasteiger partial charge in [0.2, 0.25) is 5.89 Å². The summed E-state index contributed by atoms with van der Waals surface area (Å²) in [5.41, 5.74) is 4.30. The number of fused-ring (bicyclic) bond motifs is 1. The number of benzene rings is 3. The second kappa shape index (κ2) is 8.52. The zero-order valence-corrected chi connectivity index (χ0v) is 17.9. The number of carbonyl (C=O) groups is 1. The zero-order valence-electron chi connectivity index (χ0n) is 17.9. The number of nitrogens with one attached hydrogen (secondary N) is 1. The van der Waals surface area contributed by atoms with Crippen LogP contribution in [0.4, 0.5) is 5.69 Å². The molecule has 0 saturated carbocycles. The van der Waals surface area contributed by atoms with E-state index in [0.29, 0.717) is 39.7 Å². The van der Waals surface area contributed by atoms with Gasteiger partial charge < -0.3 is 19.2 Å². The molecule has 1 N–H and O–H groups in total. The predicted molar refractivity (Wildman–Crippen MR) is 121 cm³/mol. The Hall–Kier alpha value is -3.80. The number of oxazole rings is 1. The van der Waals surface area contributed by atoms with Gasteiger partial charge in [-0.15, -0.1) is 0 Å². The van der Waals surface area contributed by atoms with Crippen molar-refractivity contribution in [2.24, 2.45) is 0 Å². The van der Waals surface area contributed by atoms with Gasteiger partial charge >= 0.3 is 0 Å². The van der Waals surface area contributed by atoms with Crippen LogP contribution in [0.25, 0.3) is 22.6 Å². The molecule has 6 nitrogen and oxygen atoms in total. The lowest BCUT2D eigenvalue weighted by Gasteiger charge is -2.12. The average Bonchev–Trinajstić information content (AvgIpc) is 3.18. The molecule has 4 rings (SSSR count). The van der Waals surface area contributed by atoms with E-state index in [9.17, 15) is 4.79 Å². The molecule has 31 heavy (non-hydrogen) atoms. The third-order valence-electron chi connectivity index (χ3n) is 4.80. The van der Waals surface area contributed by atoms with Crippen molar-refractivity contribution in [3.8, 4) is 23.0 Å². The summed E-state index contributed by atoms with van der Waals surface area (Å²) >= 11 is 0. The van der Waals surface area contributed by atoms with Gasteiger partial charge in [0.15, 0.2) is 5.58 Å². The number of amides is 1. The first-order chi connectivity index (χ1) is 14.9. The van der Waals surface area contributed by atoms with E-state index >= 15 is 0 Å². The van der Waals surface area contributed by atoms with Gasteiger partial charge in [0.1, 0.15) is 17.0 Å². The Labute approximate surface area is 180 Å². The normalized spacial score (nSPS) is 11.0. The van der Waals surface area contributed by atoms with Crippen molar-refractivity contribution in [1.29, 1.82) is 0 Å². The highest BCUT2D eigenvalue weighted by Gasteiger charge is 2.14. The monoisotopic (exact) mass is 416 g/mol. The summed E-state index contributed by atoms with van der Waals surface area (Å²) in [4.78, 5) is 17.4. The molecule has 0 unspecified atom stereocenters. The van der Waals surface area contributed by atoms with E-state index in [4.69, 9.17) is 13.9 Å². The number of rotatable bonds is 6. The Bertz CT molecular complexity index is 1240. The van der Waals surface area contributed by atoms with E-state index in [1.807, 2.05) is 69.3 Å². The number of carbonyl (C=O) groups excluding carboxylic acids is 1. The number of nitrogens with zero attached hydrogens (tertiary/aromatic N) is 1. The second-order valence-electron chi connectivity index (χ2n) is 7.53. The lowest BCUT2D eigenvalue weighted by atomic mass is 10.1. The topological polar surface area (TPSA) is 73.6 Å². The maximum Gasteiger partial charge on any atom is 0.255 e. The van der Waals surface area contributed by atoms with Crippen molar-refractivity contribution in [2.75, 3.05) is 12.4 Å². The standard InChI is InChI=1S/C25H24N2O4/c1-15(2)30-20-7-5-6-17(12-20)24(28)26-21-13-18(9-8-16(21)3)25-27-22-14-19(29-4)10-11-23(22)31-25/h5-15H,1-4H3,(H,26,28). The molecule has 0 fully saturated rings. The lowest BCUT2D eigenvalue weighted by Crippen LogP contribution is -2.13. The minimum Gasteiger partial charge on any atom is -0.497 e. The molecule has 158 valence electrons. The Kier molecular flexibility index (Phi) is 5.62. The molecule has 3 aromatic carbocycles. The Morgan fingerprint density at radius 1 is 1.03 bits per heavy atom. The van der Waals surface area contributed by atoms with Crippen LogP contribution in [0.3, 0.4) is 0 Å². The molecule has 0 spiro atoms. The first-order valence-electron chi connectivity index (χ1n) is 10.1. The summed E-state index contributed by atoms with van der Waals surface area (Å²) in [5, 5.41) is 2.99. The number of hydrogen-bond donors (Lipinski definition) is 1. The van der Waals surface area contributed by atoms with Gasteiger partial charge in [-0.05, 0) is 68.8 Å². The summed E-state index contributed by atoms with van der Waals surface area (Å²) in [6, 6.07) is 18.3. The summed E-state index contributed by atoms with van der Waals surface area (Å²) in [7, 11) is 1.61. The molecule has 6 heteroatoms. The molecular weight excluding hydrogens is 392 g/mol. The lowest BCUT2D eigenvalue weighted by molar-refractivity contribution is 0.102. The minimum atomic E-state index is -0.211. The summed E-state index contributed by atoms with van der Waals surface area (Å²) in [5.74, 6) is 1.64. The minimum absolute atomic E-state index is 0.0357. The fraction of sp³-hybridized carbons (Fsp3) is 0.200. The molecule has 0 saturated heterocycles. The molecule has 0 bridgehead atoms. The zero-order chi connectivity index (χ0) is 22.0. The highest BCUT2D eigenvalue weighted by atomic mass is 16.5. The Morgan fingerprint density at radius 2 is 1.87 bits per heavy atom. The summed E-state index contributed by atoms with van der Waals surface area (Å²) < 4.78 is 16.8. The van der Waals surface area contributed by atoms with E-state index in [2.05, 4.69) is 10.3 Å². The smallest absolute Gasteiger partial charge is 0.255 e. The fourth-order valence-corrected chi connectivity index (χ4v) is 3.22. The molecule has 0 radical (unpaired) electrons. The van der Waals surface area contributed by atoms with Crippen LogP contribution in [0, 0.1) is 6.92 Å². The highest BCUT2D eigenvalue weighted by Crippen LogP contribution is 2.30. The molecule has 0 atom stereocenters. The van der Waals surface area contributed by atoms with Gasteiger partial charge in [-0.3, -0.25) is 4.79 Å². The van der Waals surface area contributed by atoms with Crippen molar-refractivity contribution in [3.05, 3.63) is 71.8 Å². The summed E-state index contributed by atoms with van der Waals surface area (Å²) in [6.45, 7) is 5.84. The number of aryl methyl sites for hydroxylation is 1. The van der Waals surface area contributed by atoms with E-state index in [0.717, 1.165) is 11.1 Å². The molecule has 1 heterocycles. The molecular formula is C25H24N2O4. The van der Waals surface area contributed by atoms with Gasteiger partial charge in [0.05, 0.1) is 13.2 Å². The van der Waals surface area contributed by atoms with Crippen LogP contribution in [-0.2, 0) is 0 Å². The van der Waals surface area contributed by atoms with Crippen LogP contribution in [0.5, 0.6) is 11.5 Å². The van der Waals surface area contributed by atoms with Crippen molar-refractivity contribution < 1.29 is 18.7 Å². The largest absolute Gasteiger partial charge is 0.497 e. The van der Waals surface area contributed by atoms with Crippen molar-refractivity contribution in [2.45, 2.75) is 26.9 Å². The van der Waals surface area contributed by atoms with Crippen LogP contribution in [0.2, 0.25) is 0 Å². The fourth-order valence-electron chi connectivity index (χ4n) is 3.22. The van der Waals surface area contributed by atoms with E-state index in [1.165, 1.54) is 0 Å². The number of ether oxygens (including phenoxy) is 2. The van der Waals surface area contributed by atoms with Crippen molar-refractivity contribution in [3.63, 3.8) is 0 Å². The van der Waals surface area contributed by atoms with Gasteiger partial charge in [-0.25, -0.2) is 4.98 Å². The first kappa shape index (κ1) is 20.5. The molecule has 0 aliphatic carbocycles. The van der Waals surface area contributed by atoms with Gasteiger partial charge in [-0.2, -0.15) is 0 Å². The second-order valence-corrected chi connectivity index (χ2v) is 7.53. The van der Waals surface area contributed by atoms with Crippen molar-refractivity contribution >= 4 is 22.7 Å². The van der Waals surface area contributed by atoms with E-state index < -0.39 is 0 Å². The average molecular weight is 416 g/mol. The van der Waals surface area contributed by atoms with Gasteiger partial charge in [0, 0.05) is 22.9 Å². The molecule has 1 aromatic heterocycles. The van der Waals surface area contributed by atoms with E-state index in [1.54, 1.807) is 19.2 Å².